The highest BCUT2D eigenvalue weighted by atomic mass is 32.2. The van der Waals surface area contributed by atoms with Gasteiger partial charge in [0.1, 0.15) is 5.76 Å². The Kier molecular flexibility index (Phi) is 5.77. The number of carbonyl (C=O) groups excluding carboxylic acids is 2. The zero-order chi connectivity index (χ0) is 13.5. The molecule has 6 heteroatoms. The highest BCUT2D eigenvalue weighted by Gasteiger charge is 2.16. The van der Waals surface area contributed by atoms with E-state index in [1.54, 1.807) is 30.8 Å². The number of ether oxygens (including phenoxy) is 1. The van der Waals surface area contributed by atoms with Crippen molar-refractivity contribution in [2.75, 3.05) is 13.4 Å². The molecule has 0 aromatic carbocycles. The van der Waals surface area contributed by atoms with Gasteiger partial charge in [0.15, 0.2) is 5.76 Å². The number of esters is 1. The first kappa shape index (κ1) is 14.6. The van der Waals surface area contributed by atoms with Crippen molar-refractivity contribution in [3.8, 4) is 0 Å². The molecular weight excluding hydrogens is 254 g/mol. The summed E-state index contributed by atoms with van der Waals surface area (Å²) in [7, 11) is 1.32. The van der Waals surface area contributed by atoms with Gasteiger partial charge in [-0.05, 0) is 25.3 Å². The fraction of sp³-hybridized carbons (Fsp3) is 0.500. The van der Waals surface area contributed by atoms with Crippen LogP contribution in [0.15, 0.2) is 16.5 Å². The summed E-state index contributed by atoms with van der Waals surface area (Å²) in [5.74, 6) is 1.07. The first-order chi connectivity index (χ1) is 8.56. The van der Waals surface area contributed by atoms with Crippen molar-refractivity contribution in [1.82, 2.24) is 5.32 Å². The Labute approximate surface area is 110 Å². The summed E-state index contributed by atoms with van der Waals surface area (Å²) in [6, 6.07) is 3.11. The van der Waals surface area contributed by atoms with E-state index in [1.807, 2.05) is 6.26 Å². The minimum atomic E-state index is -0.356. The van der Waals surface area contributed by atoms with E-state index in [9.17, 15) is 9.59 Å². The highest BCUT2D eigenvalue weighted by molar-refractivity contribution is 7.97. The minimum absolute atomic E-state index is 0.140. The first-order valence-electron chi connectivity index (χ1n) is 5.52. The molecule has 0 aliphatic heterocycles. The third-order valence-electron chi connectivity index (χ3n) is 2.25. The summed E-state index contributed by atoms with van der Waals surface area (Å²) < 4.78 is 9.90. The lowest BCUT2D eigenvalue weighted by atomic mass is 10.2. The van der Waals surface area contributed by atoms with Crippen LogP contribution in [0.25, 0.3) is 0 Å². The van der Waals surface area contributed by atoms with Gasteiger partial charge in [0.2, 0.25) is 0 Å². The number of hydrogen-bond acceptors (Lipinski definition) is 5. The molecule has 0 aliphatic rings. The Bertz CT molecular complexity index is 416. The molecule has 1 unspecified atom stereocenters. The molecule has 1 atom stereocenters. The van der Waals surface area contributed by atoms with Crippen LogP contribution in [0.1, 0.15) is 29.7 Å². The summed E-state index contributed by atoms with van der Waals surface area (Å²) in [5, 5.41) is 2.68. The van der Waals surface area contributed by atoms with Crippen molar-refractivity contribution in [2.45, 2.75) is 25.1 Å². The molecule has 0 aliphatic carbocycles. The minimum Gasteiger partial charge on any atom is -0.469 e. The largest absolute Gasteiger partial charge is 0.469 e. The van der Waals surface area contributed by atoms with Crippen molar-refractivity contribution in [2.24, 2.45) is 0 Å². The average molecular weight is 271 g/mol. The number of furan rings is 1. The van der Waals surface area contributed by atoms with Crippen LogP contribution in [0.2, 0.25) is 0 Å². The monoisotopic (exact) mass is 271 g/mol. The lowest BCUT2D eigenvalue weighted by molar-refractivity contribution is -0.141. The molecule has 1 rings (SSSR count). The van der Waals surface area contributed by atoms with Gasteiger partial charge in [0, 0.05) is 6.04 Å². The second kappa shape index (κ2) is 7.10. The van der Waals surface area contributed by atoms with Gasteiger partial charge in [-0.1, -0.05) is 0 Å². The van der Waals surface area contributed by atoms with Crippen LogP contribution in [0.5, 0.6) is 0 Å². The number of nitrogens with one attached hydrogen (secondary N) is 1. The summed E-state index contributed by atoms with van der Waals surface area (Å²) in [6.45, 7) is 1.74. The predicted octanol–water partition coefficient (Wildman–Crippen LogP) is 1.82. The Morgan fingerprint density at radius 1 is 1.50 bits per heavy atom. The van der Waals surface area contributed by atoms with Gasteiger partial charge in [-0.2, -0.15) is 11.8 Å². The fourth-order valence-corrected chi connectivity index (χ4v) is 1.84. The molecule has 18 heavy (non-hydrogen) atoms. The lowest BCUT2D eigenvalue weighted by Crippen LogP contribution is -2.34. The Hall–Kier alpha value is -1.43. The van der Waals surface area contributed by atoms with E-state index in [2.05, 4.69) is 10.1 Å². The summed E-state index contributed by atoms with van der Waals surface area (Å²) in [4.78, 5) is 22.8. The third-order valence-corrected chi connectivity index (χ3v) is 2.82. The number of rotatable bonds is 6. The lowest BCUT2D eigenvalue weighted by Gasteiger charge is -2.11. The molecule has 0 fully saturated rings. The smallest absolute Gasteiger partial charge is 0.307 e. The SMILES string of the molecule is COC(=O)CC(C)NC(=O)c1ccc(CSC)o1. The van der Waals surface area contributed by atoms with E-state index in [-0.39, 0.29) is 30.1 Å². The molecule has 0 saturated carbocycles. The Morgan fingerprint density at radius 2 is 2.22 bits per heavy atom. The van der Waals surface area contributed by atoms with Crippen LogP contribution in [0.3, 0.4) is 0 Å². The number of amides is 1. The molecule has 1 amide bonds. The number of thioether (sulfide) groups is 1. The van der Waals surface area contributed by atoms with Crippen LogP contribution >= 0.6 is 11.8 Å². The van der Waals surface area contributed by atoms with E-state index in [0.717, 1.165) is 11.5 Å². The van der Waals surface area contributed by atoms with Gasteiger partial charge in [-0.3, -0.25) is 9.59 Å². The van der Waals surface area contributed by atoms with E-state index < -0.39 is 0 Å². The molecule has 0 saturated heterocycles. The van der Waals surface area contributed by atoms with Crippen molar-refractivity contribution >= 4 is 23.6 Å². The Morgan fingerprint density at radius 3 is 2.83 bits per heavy atom. The van der Waals surface area contributed by atoms with Crippen LogP contribution in [0, 0.1) is 0 Å². The van der Waals surface area contributed by atoms with Crippen LogP contribution < -0.4 is 5.32 Å². The quantitative estimate of drug-likeness (QED) is 0.799. The summed E-state index contributed by atoms with van der Waals surface area (Å²) in [6.07, 6.45) is 2.10. The second-order valence-corrected chi connectivity index (χ2v) is 4.72. The van der Waals surface area contributed by atoms with Crippen LogP contribution in [-0.4, -0.2) is 31.3 Å². The number of hydrogen-bond donors (Lipinski definition) is 1. The number of carbonyl (C=O) groups is 2. The van der Waals surface area contributed by atoms with Gasteiger partial charge in [0.05, 0.1) is 19.3 Å². The van der Waals surface area contributed by atoms with Crippen LogP contribution in [0.4, 0.5) is 0 Å². The van der Waals surface area contributed by atoms with Gasteiger partial charge in [-0.15, -0.1) is 0 Å². The average Bonchev–Trinajstić information content (AvgIpc) is 2.77. The Balaban J connectivity index is 2.51. The zero-order valence-corrected chi connectivity index (χ0v) is 11.5. The van der Waals surface area contributed by atoms with Crippen molar-refractivity contribution < 1.29 is 18.7 Å². The molecule has 1 heterocycles. The molecule has 0 spiro atoms. The van der Waals surface area contributed by atoms with E-state index >= 15 is 0 Å². The fourth-order valence-electron chi connectivity index (χ4n) is 1.40. The van der Waals surface area contributed by atoms with Gasteiger partial charge >= 0.3 is 5.97 Å². The molecule has 0 bridgehead atoms. The second-order valence-electron chi connectivity index (χ2n) is 3.85. The molecule has 1 aromatic heterocycles. The molecule has 0 radical (unpaired) electrons. The van der Waals surface area contributed by atoms with Gasteiger partial charge < -0.3 is 14.5 Å². The number of methoxy groups -OCH3 is 1. The highest BCUT2D eigenvalue weighted by Crippen LogP contribution is 2.13. The maximum absolute atomic E-state index is 11.8. The maximum Gasteiger partial charge on any atom is 0.307 e. The molecule has 1 N–H and O–H groups in total. The van der Waals surface area contributed by atoms with Crippen molar-refractivity contribution in [3.05, 3.63) is 23.7 Å². The molecule has 100 valence electrons. The maximum atomic E-state index is 11.8. The standard InChI is InChI=1S/C12H17NO4S/c1-8(6-11(14)16-2)13-12(15)10-5-4-9(17-10)7-18-3/h4-5,8H,6-7H2,1-3H3,(H,13,15). The van der Waals surface area contributed by atoms with Crippen LogP contribution in [-0.2, 0) is 15.3 Å². The zero-order valence-electron chi connectivity index (χ0n) is 10.7. The summed E-state index contributed by atoms with van der Waals surface area (Å²) in [5.41, 5.74) is 0. The summed E-state index contributed by atoms with van der Waals surface area (Å²) >= 11 is 1.62. The van der Waals surface area contributed by atoms with Crippen molar-refractivity contribution in [3.63, 3.8) is 0 Å². The molecule has 5 nitrogen and oxygen atoms in total. The van der Waals surface area contributed by atoms with E-state index in [0.29, 0.717) is 0 Å². The topological polar surface area (TPSA) is 68.5 Å². The van der Waals surface area contributed by atoms with E-state index in [1.165, 1.54) is 7.11 Å². The van der Waals surface area contributed by atoms with E-state index in [4.69, 9.17) is 4.42 Å². The normalized spacial score (nSPS) is 11.9. The first-order valence-corrected chi connectivity index (χ1v) is 6.91. The molecular formula is C12H17NO4S. The van der Waals surface area contributed by atoms with Gasteiger partial charge in [-0.25, -0.2) is 0 Å². The molecule has 1 aromatic rings. The van der Waals surface area contributed by atoms with Crippen molar-refractivity contribution in [1.29, 1.82) is 0 Å². The predicted molar refractivity (Wildman–Crippen MR) is 69.5 cm³/mol. The third kappa shape index (κ3) is 4.44. The van der Waals surface area contributed by atoms with Gasteiger partial charge in [0.25, 0.3) is 5.91 Å².